The lowest BCUT2D eigenvalue weighted by Crippen LogP contribution is -2.31. The van der Waals surface area contributed by atoms with Gasteiger partial charge in [0.25, 0.3) is 0 Å². The van der Waals surface area contributed by atoms with Gasteiger partial charge in [-0.1, -0.05) is 6.07 Å². The molecule has 2 aromatic carbocycles. The number of ether oxygens (including phenoxy) is 5. The Morgan fingerprint density at radius 1 is 1.06 bits per heavy atom. The molecule has 0 aliphatic carbocycles. The molecule has 0 aromatic heterocycles. The number of methoxy groups -OCH3 is 3. The Labute approximate surface area is 199 Å². The Balaban J connectivity index is 1.66. The molecule has 2 aromatic rings. The van der Waals surface area contributed by atoms with Crippen LogP contribution in [0.2, 0.25) is 0 Å². The number of fused-ring (bicyclic) bond motifs is 1. The number of carbonyl (C=O) groups excluding carboxylic acids is 1. The predicted molar refractivity (Wildman–Crippen MR) is 125 cm³/mol. The van der Waals surface area contributed by atoms with Crippen molar-refractivity contribution >= 4 is 15.6 Å². The van der Waals surface area contributed by atoms with E-state index in [1.54, 1.807) is 12.1 Å². The summed E-state index contributed by atoms with van der Waals surface area (Å²) in [6.45, 7) is 0.596. The number of Topliss-reactive ketones (excluding diaryl/α,β-unsaturated/α-hetero) is 1. The third kappa shape index (κ3) is 4.65. The number of carbonyl (C=O) groups is 1. The molecule has 4 rings (SSSR count). The second kappa shape index (κ2) is 9.34. The van der Waals surface area contributed by atoms with Crippen molar-refractivity contribution < 1.29 is 36.9 Å². The van der Waals surface area contributed by atoms with Crippen molar-refractivity contribution in [2.24, 2.45) is 0 Å². The van der Waals surface area contributed by atoms with Gasteiger partial charge in [0, 0.05) is 23.8 Å². The molecule has 2 aliphatic heterocycles. The molecule has 10 heteroatoms. The lowest BCUT2D eigenvalue weighted by Gasteiger charge is -2.29. The van der Waals surface area contributed by atoms with E-state index >= 15 is 0 Å². The molecule has 1 N–H and O–H groups in total. The summed E-state index contributed by atoms with van der Waals surface area (Å²) in [5.74, 6) is 2.33. The zero-order valence-corrected chi connectivity index (χ0v) is 20.5. The first-order valence-corrected chi connectivity index (χ1v) is 12.9. The number of ketones is 1. The molecule has 34 heavy (non-hydrogen) atoms. The number of rotatable bonds is 9. The predicted octanol–water partition coefficient (Wildman–Crippen LogP) is 2.36. The molecule has 0 saturated carbocycles. The SMILES string of the molecule is COc1cc(C(=O)C2CC(CCS(C)(=O)=O)(c3ccc4c(c3)OCO4)CN2)cc(OC)c1OC. The van der Waals surface area contributed by atoms with E-state index in [1.807, 2.05) is 18.2 Å². The Morgan fingerprint density at radius 3 is 2.35 bits per heavy atom. The van der Waals surface area contributed by atoms with Crippen LogP contribution in [-0.4, -0.2) is 66.9 Å². The summed E-state index contributed by atoms with van der Waals surface area (Å²) in [5, 5.41) is 3.32. The first-order chi connectivity index (χ1) is 16.2. The highest BCUT2D eigenvalue weighted by molar-refractivity contribution is 7.90. The van der Waals surface area contributed by atoms with Gasteiger partial charge in [-0.05, 0) is 42.7 Å². The van der Waals surface area contributed by atoms with Gasteiger partial charge in [0.15, 0.2) is 28.8 Å². The number of sulfone groups is 1. The van der Waals surface area contributed by atoms with Gasteiger partial charge in [0.2, 0.25) is 12.5 Å². The first-order valence-electron chi connectivity index (χ1n) is 10.8. The summed E-state index contributed by atoms with van der Waals surface area (Å²) in [5.41, 5.74) is 0.759. The molecule has 1 saturated heterocycles. The highest BCUT2D eigenvalue weighted by Gasteiger charge is 2.44. The van der Waals surface area contributed by atoms with Crippen LogP contribution in [0.25, 0.3) is 0 Å². The molecule has 0 spiro atoms. The van der Waals surface area contributed by atoms with Crippen LogP contribution in [0.3, 0.4) is 0 Å². The minimum absolute atomic E-state index is 0.00815. The van der Waals surface area contributed by atoms with Gasteiger partial charge < -0.3 is 29.0 Å². The molecule has 0 radical (unpaired) electrons. The van der Waals surface area contributed by atoms with E-state index < -0.39 is 21.3 Å². The molecular formula is C24H29NO8S. The maximum absolute atomic E-state index is 13.5. The van der Waals surface area contributed by atoms with Crippen LogP contribution < -0.4 is 29.0 Å². The largest absolute Gasteiger partial charge is 0.493 e. The smallest absolute Gasteiger partial charge is 0.231 e. The van der Waals surface area contributed by atoms with Gasteiger partial charge in [-0.25, -0.2) is 8.42 Å². The average molecular weight is 492 g/mol. The summed E-state index contributed by atoms with van der Waals surface area (Å²) < 4.78 is 51.1. The Hall–Kier alpha value is -2.98. The third-order valence-electron chi connectivity index (χ3n) is 6.48. The fourth-order valence-corrected chi connectivity index (χ4v) is 5.39. The van der Waals surface area contributed by atoms with Crippen LogP contribution in [0, 0.1) is 0 Å². The van der Waals surface area contributed by atoms with Crippen LogP contribution in [0.15, 0.2) is 30.3 Å². The van der Waals surface area contributed by atoms with Gasteiger partial charge in [-0.2, -0.15) is 0 Å². The van der Waals surface area contributed by atoms with Gasteiger partial charge >= 0.3 is 0 Å². The van der Waals surface area contributed by atoms with Gasteiger partial charge in [-0.15, -0.1) is 0 Å². The zero-order chi connectivity index (χ0) is 24.5. The molecule has 0 amide bonds. The Bertz CT molecular complexity index is 1170. The van der Waals surface area contributed by atoms with Crippen molar-refractivity contribution in [2.45, 2.75) is 24.3 Å². The lowest BCUT2D eigenvalue weighted by atomic mass is 9.75. The highest BCUT2D eigenvalue weighted by Crippen LogP contribution is 2.43. The first kappa shape index (κ1) is 24.2. The summed E-state index contributed by atoms with van der Waals surface area (Å²) in [6.07, 6.45) is 2.02. The van der Waals surface area contributed by atoms with Crippen molar-refractivity contribution in [3.8, 4) is 28.7 Å². The molecule has 9 nitrogen and oxygen atoms in total. The van der Waals surface area contributed by atoms with Gasteiger partial charge in [-0.3, -0.25) is 4.79 Å². The second-order valence-electron chi connectivity index (χ2n) is 8.64. The van der Waals surface area contributed by atoms with Crippen molar-refractivity contribution in [3.63, 3.8) is 0 Å². The van der Waals surface area contributed by atoms with Crippen LogP contribution >= 0.6 is 0 Å². The Kier molecular flexibility index (Phi) is 6.64. The quantitative estimate of drug-likeness (QED) is 0.529. The molecule has 2 heterocycles. The minimum atomic E-state index is -3.20. The van der Waals surface area contributed by atoms with Crippen molar-refractivity contribution in [1.29, 1.82) is 0 Å². The number of nitrogens with one attached hydrogen (secondary N) is 1. The minimum Gasteiger partial charge on any atom is -0.493 e. The topological polar surface area (TPSA) is 109 Å². The molecule has 0 bridgehead atoms. The fourth-order valence-electron chi connectivity index (χ4n) is 4.63. The zero-order valence-electron chi connectivity index (χ0n) is 19.7. The molecule has 184 valence electrons. The standard InChI is InChI=1S/C24H29NO8S/c1-29-20-9-15(10-21(30-2)23(20)31-3)22(26)17-12-24(13-25-17,7-8-34(4,27)28)16-5-6-18-19(11-16)33-14-32-18/h5-6,9-11,17,25H,7-8,12-14H2,1-4H3. The highest BCUT2D eigenvalue weighted by atomic mass is 32.2. The number of hydrogen-bond acceptors (Lipinski definition) is 9. The van der Waals surface area contributed by atoms with Gasteiger partial charge in [0.1, 0.15) is 9.84 Å². The Morgan fingerprint density at radius 2 is 1.74 bits per heavy atom. The second-order valence-corrected chi connectivity index (χ2v) is 10.9. The normalized spacial score (nSPS) is 21.4. The van der Waals surface area contributed by atoms with Crippen LogP contribution in [0.5, 0.6) is 28.7 Å². The maximum atomic E-state index is 13.5. The van der Waals surface area contributed by atoms with Crippen molar-refractivity contribution in [3.05, 3.63) is 41.5 Å². The van der Waals surface area contributed by atoms with E-state index in [1.165, 1.54) is 27.6 Å². The van der Waals surface area contributed by atoms with Crippen LogP contribution in [0.1, 0.15) is 28.8 Å². The molecular weight excluding hydrogens is 462 g/mol. The maximum Gasteiger partial charge on any atom is 0.231 e. The third-order valence-corrected chi connectivity index (χ3v) is 7.43. The van der Waals surface area contributed by atoms with E-state index in [4.69, 9.17) is 23.7 Å². The van der Waals surface area contributed by atoms with E-state index in [2.05, 4.69) is 5.32 Å². The van der Waals surface area contributed by atoms with Crippen molar-refractivity contribution in [1.82, 2.24) is 5.32 Å². The number of hydrogen-bond donors (Lipinski definition) is 1. The van der Waals surface area contributed by atoms with E-state index in [0.29, 0.717) is 53.7 Å². The average Bonchev–Trinajstić information content (AvgIpc) is 3.48. The van der Waals surface area contributed by atoms with E-state index in [0.717, 1.165) is 5.56 Å². The molecule has 2 atom stereocenters. The lowest BCUT2D eigenvalue weighted by molar-refractivity contribution is 0.0948. The van der Waals surface area contributed by atoms with Crippen LogP contribution in [0.4, 0.5) is 0 Å². The summed E-state index contributed by atoms with van der Waals surface area (Å²) in [6, 6.07) is 8.37. The molecule has 2 aliphatic rings. The van der Waals surface area contributed by atoms with E-state index in [9.17, 15) is 13.2 Å². The summed E-state index contributed by atoms with van der Waals surface area (Å²) in [7, 11) is 1.29. The monoisotopic (exact) mass is 491 g/mol. The fraction of sp³-hybridized carbons (Fsp3) is 0.458. The van der Waals surface area contributed by atoms with E-state index in [-0.39, 0.29) is 18.3 Å². The summed E-state index contributed by atoms with van der Waals surface area (Å²) in [4.78, 5) is 13.5. The number of benzene rings is 2. The van der Waals surface area contributed by atoms with Crippen LogP contribution in [-0.2, 0) is 15.3 Å². The molecule has 1 fully saturated rings. The van der Waals surface area contributed by atoms with Gasteiger partial charge in [0.05, 0.1) is 33.1 Å². The summed E-state index contributed by atoms with van der Waals surface area (Å²) >= 11 is 0. The molecule has 2 unspecified atom stereocenters. The van der Waals surface area contributed by atoms with Crippen molar-refractivity contribution in [2.75, 3.05) is 46.7 Å².